The van der Waals surface area contributed by atoms with E-state index >= 15 is 0 Å². The van der Waals surface area contributed by atoms with Crippen molar-refractivity contribution in [2.24, 2.45) is 5.73 Å². The molecule has 1 rings (SSSR count). The van der Waals surface area contributed by atoms with E-state index < -0.39 is 0 Å². The standard InChI is InChI=1S/C8H11BrN2OS/c1-11(2)7(8(10)12)6-3-5(9)4-13-6/h3-4,7H,1-2H3,(H2,10,12). The monoisotopic (exact) mass is 262 g/mol. The van der Waals surface area contributed by atoms with E-state index in [0.29, 0.717) is 0 Å². The van der Waals surface area contributed by atoms with Gasteiger partial charge in [0.2, 0.25) is 5.91 Å². The molecule has 13 heavy (non-hydrogen) atoms. The first-order valence-corrected chi connectivity index (χ1v) is 5.39. The number of hydrogen-bond acceptors (Lipinski definition) is 3. The Balaban J connectivity index is 2.95. The number of carbonyl (C=O) groups excluding carboxylic acids is 1. The number of likely N-dealkylation sites (N-methyl/N-ethyl adjacent to an activating group) is 1. The van der Waals surface area contributed by atoms with Crippen LogP contribution in [0.2, 0.25) is 0 Å². The van der Waals surface area contributed by atoms with Crippen LogP contribution in [-0.4, -0.2) is 24.9 Å². The van der Waals surface area contributed by atoms with Crippen LogP contribution in [0.3, 0.4) is 0 Å². The second kappa shape index (κ2) is 4.21. The lowest BCUT2D eigenvalue weighted by Crippen LogP contribution is -2.32. The lowest BCUT2D eigenvalue weighted by Gasteiger charge is -2.19. The second-order valence-electron chi connectivity index (χ2n) is 2.94. The molecule has 0 aromatic carbocycles. The minimum absolute atomic E-state index is 0.320. The average Bonchev–Trinajstić information content (AvgIpc) is 2.34. The van der Waals surface area contributed by atoms with E-state index in [0.717, 1.165) is 9.35 Å². The Morgan fingerprint density at radius 1 is 1.69 bits per heavy atom. The number of nitrogens with zero attached hydrogens (tertiary/aromatic N) is 1. The molecule has 1 aromatic heterocycles. The molecule has 0 spiro atoms. The van der Waals surface area contributed by atoms with Gasteiger partial charge in [-0.3, -0.25) is 9.69 Å². The second-order valence-corrected chi connectivity index (χ2v) is 4.79. The van der Waals surface area contributed by atoms with Gasteiger partial charge < -0.3 is 5.73 Å². The zero-order valence-electron chi connectivity index (χ0n) is 7.45. The van der Waals surface area contributed by atoms with Crippen LogP contribution in [0.4, 0.5) is 0 Å². The van der Waals surface area contributed by atoms with Gasteiger partial charge in [-0.05, 0) is 36.1 Å². The van der Waals surface area contributed by atoms with E-state index in [1.165, 1.54) is 11.3 Å². The molecule has 1 amide bonds. The quantitative estimate of drug-likeness (QED) is 0.900. The van der Waals surface area contributed by atoms with Gasteiger partial charge >= 0.3 is 0 Å². The molecule has 0 bridgehead atoms. The van der Waals surface area contributed by atoms with Crippen LogP contribution in [0.5, 0.6) is 0 Å². The van der Waals surface area contributed by atoms with E-state index in [1.807, 2.05) is 25.5 Å². The van der Waals surface area contributed by atoms with Gasteiger partial charge in [-0.2, -0.15) is 0 Å². The van der Waals surface area contributed by atoms with Gasteiger partial charge in [0.15, 0.2) is 0 Å². The molecular formula is C8H11BrN2OS. The van der Waals surface area contributed by atoms with Gasteiger partial charge in [0.25, 0.3) is 0 Å². The molecule has 0 aliphatic rings. The molecule has 0 fully saturated rings. The maximum atomic E-state index is 11.1. The molecule has 0 saturated carbocycles. The Morgan fingerprint density at radius 2 is 2.31 bits per heavy atom. The van der Waals surface area contributed by atoms with Crippen LogP contribution in [0, 0.1) is 0 Å². The molecule has 72 valence electrons. The van der Waals surface area contributed by atoms with Crippen molar-refractivity contribution in [2.75, 3.05) is 14.1 Å². The number of primary amides is 1. The minimum Gasteiger partial charge on any atom is -0.368 e. The summed E-state index contributed by atoms with van der Waals surface area (Å²) in [5, 5.41) is 1.94. The maximum absolute atomic E-state index is 11.1. The van der Waals surface area contributed by atoms with Crippen LogP contribution in [-0.2, 0) is 4.79 Å². The number of nitrogens with two attached hydrogens (primary N) is 1. The molecule has 3 nitrogen and oxygen atoms in total. The number of halogens is 1. The van der Waals surface area contributed by atoms with Crippen LogP contribution in [0.1, 0.15) is 10.9 Å². The Bertz CT molecular complexity index is 311. The highest BCUT2D eigenvalue weighted by atomic mass is 79.9. The fourth-order valence-electron chi connectivity index (χ4n) is 1.12. The van der Waals surface area contributed by atoms with Gasteiger partial charge in [0.05, 0.1) is 0 Å². The van der Waals surface area contributed by atoms with Gasteiger partial charge in [-0.25, -0.2) is 0 Å². The highest BCUT2D eigenvalue weighted by Gasteiger charge is 2.21. The smallest absolute Gasteiger partial charge is 0.240 e. The molecule has 5 heteroatoms. The molecule has 1 heterocycles. The van der Waals surface area contributed by atoms with Crippen LogP contribution in [0.15, 0.2) is 15.9 Å². The minimum atomic E-state index is -0.323. The SMILES string of the molecule is CN(C)C(C(N)=O)c1cc(Br)cs1. The summed E-state index contributed by atoms with van der Waals surface area (Å²) in [7, 11) is 3.67. The molecule has 1 atom stereocenters. The van der Waals surface area contributed by atoms with Crippen molar-refractivity contribution in [3.8, 4) is 0 Å². The number of thiophene rings is 1. The molecule has 0 aliphatic carbocycles. The Labute approximate surface area is 89.7 Å². The zero-order valence-corrected chi connectivity index (χ0v) is 9.85. The fraction of sp³-hybridized carbons (Fsp3) is 0.375. The largest absolute Gasteiger partial charge is 0.368 e. The lowest BCUT2D eigenvalue weighted by molar-refractivity contribution is -0.122. The Hall–Kier alpha value is -0.390. The third-order valence-electron chi connectivity index (χ3n) is 1.64. The molecule has 2 N–H and O–H groups in total. The fourth-order valence-corrected chi connectivity index (χ4v) is 2.77. The lowest BCUT2D eigenvalue weighted by atomic mass is 10.2. The van der Waals surface area contributed by atoms with Crippen molar-refractivity contribution in [3.63, 3.8) is 0 Å². The Morgan fingerprint density at radius 3 is 2.62 bits per heavy atom. The summed E-state index contributed by atoms with van der Waals surface area (Å²) in [6.45, 7) is 0. The summed E-state index contributed by atoms with van der Waals surface area (Å²) in [4.78, 5) is 13.9. The molecule has 1 unspecified atom stereocenters. The first kappa shape index (κ1) is 10.7. The third-order valence-corrected chi connectivity index (χ3v) is 3.39. The van der Waals surface area contributed by atoms with Crippen molar-refractivity contribution in [2.45, 2.75) is 6.04 Å². The van der Waals surface area contributed by atoms with Crippen molar-refractivity contribution in [1.82, 2.24) is 4.90 Å². The van der Waals surface area contributed by atoms with Crippen LogP contribution < -0.4 is 5.73 Å². The van der Waals surface area contributed by atoms with E-state index in [2.05, 4.69) is 15.9 Å². The highest BCUT2D eigenvalue weighted by Crippen LogP contribution is 2.27. The van der Waals surface area contributed by atoms with E-state index in [4.69, 9.17) is 5.73 Å². The molecule has 1 aromatic rings. The van der Waals surface area contributed by atoms with Crippen LogP contribution in [0.25, 0.3) is 0 Å². The van der Waals surface area contributed by atoms with Gasteiger partial charge in [-0.1, -0.05) is 0 Å². The summed E-state index contributed by atoms with van der Waals surface area (Å²) in [6, 6.07) is 1.59. The van der Waals surface area contributed by atoms with Crippen molar-refractivity contribution < 1.29 is 4.79 Å². The number of rotatable bonds is 3. The topological polar surface area (TPSA) is 46.3 Å². The van der Waals surface area contributed by atoms with E-state index in [1.54, 1.807) is 4.90 Å². The number of carbonyl (C=O) groups is 1. The molecule has 0 aliphatic heterocycles. The maximum Gasteiger partial charge on any atom is 0.240 e. The summed E-state index contributed by atoms with van der Waals surface area (Å²) in [6.07, 6.45) is 0. The zero-order chi connectivity index (χ0) is 10.0. The normalized spacial score (nSPS) is 13.2. The van der Waals surface area contributed by atoms with E-state index in [-0.39, 0.29) is 11.9 Å². The Kier molecular flexibility index (Phi) is 3.47. The first-order chi connectivity index (χ1) is 6.02. The predicted octanol–water partition coefficient (Wildman–Crippen LogP) is 1.60. The molecule has 0 saturated heterocycles. The molecule has 0 radical (unpaired) electrons. The summed E-state index contributed by atoms with van der Waals surface area (Å²) in [5.74, 6) is -0.320. The third kappa shape index (κ3) is 2.52. The summed E-state index contributed by atoms with van der Waals surface area (Å²) >= 11 is 4.86. The van der Waals surface area contributed by atoms with E-state index in [9.17, 15) is 4.79 Å². The van der Waals surface area contributed by atoms with Gasteiger partial charge in [-0.15, -0.1) is 11.3 Å². The number of hydrogen-bond donors (Lipinski definition) is 1. The average molecular weight is 263 g/mol. The highest BCUT2D eigenvalue weighted by molar-refractivity contribution is 9.10. The van der Waals surface area contributed by atoms with Crippen molar-refractivity contribution in [3.05, 3.63) is 20.8 Å². The van der Waals surface area contributed by atoms with Gasteiger partial charge in [0.1, 0.15) is 6.04 Å². The van der Waals surface area contributed by atoms with Crippen molar-refractivity contribution >= 4 is 33.2 Å². The van der Waals surface area contributed by atoms with Crippen molar-refractivity contribution in [1.29, 1.82) is 0 Å². The summed E-state index contributed by atoms with van der Waals surface area (Å²) in [5.41, 5.74) is 5.29. The van der Waals surface area contributed by atoms with Crippen LogP contribution >= 0.6 is 27.3 Å². The number of amides is 1. The first-order valence-electron chi connectivity index (χ1n) is 3.72. The van der Waals surface area contributed by atoms with Gasteiger partial charge in [0, 0.05) is 14.7 Å². The predicted molar refractivity (Wildman–Crippen MR) is 57.6 cm³/mol. The molecular weight excluding hydrogens is 252 g/mol. The summed E-state index contributed by atoms with van der Waals surface area (Å²) < 4.78 is 0.987.